The fraction of sp³-hybridized carbons (Fsp3) is 0.0323. The summed E-state index contributed by atoms with van der Waals surface area (Å²) >= 11 is 0. The van der Waals surface area contributed by atoms with Crippen LogP contribution in [-0.4, -0.2) is 4.57 Å². The number of fused-ring (bicyclic) bond motifs is 3. The van der Waals surface area contributed by atoms with Gasteiger partial charge in [0.2, 0.25) is 0 Å². The van der Waals surface area contributed by atoms with E-state index in [9.17, 15) is 0 Å². The van der Waals surface area contributed by atoms with Crippen molar-refractivity contribution in [2.45, 2.75) is 6.54 Å². The first kappa shape index (κ1) is 19.4. The average molecular weight is 425 g/mol. The Kier molecular flexibility index (Phi) is 4.89. The first-order valence-electron chi connectivity index (χ1n) is 11.3. The third kappa shape index (κ3) is 3.56. The van der Waals surface area contributed by atoms with Crippen LogP contribution >= 0.6 is 0 Å². The quantitative estimate of drug-likeness (QED) is 0.270. The van der Waals surface area contributed by atoms with Gasteiger partial charge in [0, 0.05) is 45.4 Å². The van der Waals surface area contributed by atoms with E-state index < -0.39 is 0 Å². The monoisotopic (exact) mass is 424 g/mol. The number of anilines is 3. The highest BCUT2D eigenvalue weighted by Gasteiger charge is 2.16. The topological polar surface area (TPSA) is 8.17 Å². The Hall–Kier alpha value is -4.30. The second-order valence-corrected chi connectivity index (χ2v) is 8.30. The number of hydrogen-bond donors (Lipinski definition) is 0. The van der Waals surface area contributed by atoms with Gasteiger partial charge in [0.05, 0.1) is 0 Å². The molecule has 0 unspecified atom stereocenters. The smallest absolute Gasteiger partial charge is 0.0496 e. The van der Waals surface area contributed by atoms with Crippen molar-refractivity contribution in [3.8, 4) is 0 Å². The molecule has 0 aliphatic rings. The van der Waals surface area contributed by atoms with Crippen LogP contribution < -0.4 is 4.90 Å². The van der Waals surface area contributed by atoms with Crippen LogP contribution in [0.5, 0.6) is 0 Å². The van der Waals surface area contributed by atoms with Crippen molar-refractivity contribution in [2.24, 2.45) is 0 Å². The highest BCUT2D eigenvalue weighted by Crippen LogP contribution is 2.38. The largest absolute Gasteiger partial charge is 0.336 e. The number of hydrogen-bond acceptors (Lipinski definition) is 1. The van der Waals surface area contributed by atoms with Crippen molar-refractivity contribution in [2.75, 3.05) is 4.90 Å². The summed E-state index contributed by atoms with van der Waals surface area (Å²) in [6.45, 7) is 0.852. The minimum Gasteiger partial charge on any atom is -0.336 e. The fourth-order valence-corrected chi connectivity index (χ4v) is 4.72. The molecule has 33 heavy (non-hydrogen) atoms. The number of benzene rings is 5. The minimum absolute atomic E-state index is 0.852. The third-order valence-electron chi connectivity index (χ3n) is 6.23. The number of nitrogens with zero attached hydrogens (tertiary/aromatic N) is 2. The molecular formula is C31H24N2. The number of rotatable bonds is 5. The average Bonchev–Trinajstić information content (AvgIpc) is 3.19. The van der Waals surface area contributed by atoms with Gasteiger partial charge in [-0.05, 0) is 54.1 Å². The zero-order valence-electron chi connectivity index (χ0n) is 18.3. The molecule has 6 aromatic rings. The van der Waals surface area contributed by atoms with Crippen LogP contribution in [0.25, 0.3) is 21.8 Å². The molecule has 0 N–H and O–H groups in total. The molecule has 2 nitrogen and oxygen atoms in total. The lowest BCUT2D eigenvalue weighted by Gasteiger charge is -2.25. The summed E-state index contributed by atoms with van der Waals surface area (Å²) in [6.07, 6.45) is 0. The first-order valence-corrected chi connectivity index (χ1v) is 11.3. The SMILES string of the molecule is c1ccc(Cn2c3ccccc3c3cc(N(c4ccccc4)c4ccccc4)ccc32)cc1. The number of para-hydroxylation sites is 3. The molecule has 2 heteroatoms. The summed E-state index contributed by atoms with van der Waals surface area (Å²) in [5.74, 6) is 0. The van der Waals surface area contributed by atoms with Crippen molar-refractivity contribution < 1.29 is 0 Å². The van der Waals surface area contributed by atoms with Crippen molar-refractivity contribution >= 4 is 38.9 Å². The van der Waals surface area contributed by atoms with Gasteiger partial charge in [-0.25, -0.2) is 0 Å². The van der Waals surface area contributed by atoms with E-state index >= 15 is 0 Å². The van der Waals surface area contributed by atoms with E-state index in [0.717, 1.165) is 23.6 Å². The highest BCUT2D eigenvalue weighted by atomic mass is 15.1. The molecule has 0 spiro atoms. The van der Waals surface area contributed by atoms with E-state index in [-0.39, 0.29) is 0 Å². The van der Waals surface area contributed by atoms with Crippen LogP contribution in [0, 0.1) is 0 Å². The Morgan fingerprint density at radius 1 is 0.455 bits per heavy atom. The molecule has 6 rings (SSSR count). The van der Waals surface area contributed by atoms with Gasteiger partial charge in [-0.1, -0.05) is 84.9 Å². The van der Waals surface area contributed by atoms with Gasteiger partial charge in [0.1, 0.15) is 0 Å². The molecule has 0 aliphatic carbocycles. The Balaban J connectivity index is 1.55. The normalized spacial score (nSPS) is 11.2. The van der Waals surface area contributed by atoms with E-state index in [2.05, 4.69) is 143 Å². The molecule has 0 bridgehead atoms. The molecule has 0 saturated carbocycles. The standard InChI is InChI=1S/C31H24N2/c1-4-12-24(13-5-1)23-32-30-19-11-10-18-28(30)29-22-27(20-21-31(29)32)33(25-14-6-2-7-15-25)26-16-8-3-9-17-26/h1-22H,23H2. The summed E-state index contributed by atoms with van der Waals surface area (Å²) < 4.78 is 2.43. The zero-order chi connectivity index (χ0) is 22.0. The third-order valence-corrected chi connectivity index (χ3v) is 6.23. The van der Waals surface area contributed by atoms with Crippen LogP contribution in [0.4, 0.5) is 17.1 Å². The Bertz CT molecular complexity index is 1480. The van der Waals surface area contributed by atoms with Gasteiger partial charge < -0.3 is 9.47 Å². The van der Waals surface area contributed by atoms with E-state index in [1.54, 1.807) is 0 Å². The first-order chi connectivity index (χ1) is 16.4. The lowest BCUT2D eigenvalue weighted by Crippen LogP contribution is -2.09. The molecule has 1 heterocycles. The maximum absolute atomic E-state index is 2.43. The van der Waals surface area contributed by atoms with Crippen LogP contribution in [0.15, 0.2) is 133 Å². The van der Waals surface area contributed by atoms with Crippen molar-refractivity contribution in [3.63, 3.8) is 0 Å². The highest BCUT2D eigenvalue weighted by molar-refractivity contribution is 6.09. The van der Waals surface area contributed by atoms with E-state index in [4.69, 9.17) is 0 Å². The zero-order valence-corrected chi connectivity index (χ0v) is 18.3. The van der Waals surface area contributed by atoms with Gasteiger partial charge in [-0.3, -0.25) is 0 Å². The van der Waals surface area contributed by atoms with Crippen LogP contribution in [0.1, 0.15) is 5.56 Å². The molecule has 0 fully saturated rings. The van der Waals surface area contributed by atoms with Gasteiger partial charge >= 0.3 is 0 Å². The van der Waals surface area contributed by atoms with Crippen molar-refractivity contribution in [3.05, 3.63) is 139 Å². The number of aromatic nitrogens is 1. The molecule has 0 amide bonds. The summed E-state index contributed by atoms with van der Waals surface area (Å²) in [5.41, 5.74) is 7.28. The summed E-state index contributed by atoms with van der Waals surface area (Å²) in [5, 5.41) is 2.56. The molecule has 0 radical (unpaired) electrons. The minimum atomic E-state index is 0.852. The van der Waals surface area contributed by atoms with Gasteiger partial charge in [-0.2, -0.15) is 0 Å². The van der Waals surface area contributed by atoms with Gasteiger partial charge in [0.25, 0.3) is 0 Å². The lowest BCUT2D eigenvalue weighted by molar-refractivity contribution is 0.869. The second kappa shape index (κ2) is 8.33. The predicted octanol–water partition coefficient (Wildman–Crippen LogP) is 8.31. The molecule has 0 atom stereocenters. The summed E-state index contributed by atoms with van der Waals surface area (Å²) in [4.78, 5) is 2.32. The predicted molar refractivity (Wildman–Crippen MR) is 140 cm³/mol. The molecular weight excluding hydrogens is 400 g/mol. The van der Waals surface area contributed by atoms with Crippen LogP contribution in [0.3, 0.4) is 0 Å². The molecule has 1 aromatic heterocycles. The molecule has 0 aliphatic heterocycles. The summed E-state index contributed by atoms with van der Waals surface area (Å²) in [7, 11) is 0. The maximum atomic E-state index is 2.43. The second-order valence-electron chi connectivity index (χ2n) is 8.30. The molecule has 0 saturated heterocycles. The van der Waals surface area contributed by atoms with Gasteiger partial charge in [-0.15, -0.1) is 0 Å². The van der Waals surface area contributed by atoms with Crippen LogP contribution in [0.2, 0.25) is 0 Å². The fourth-order valence-electron chi connectivity index (χ4n) is 4.72. The molecule has 5 aromatic carbocycles. The maximum Gasteiger partial charge on any atom is 0.0496 e. The Morgan fingerprint density at radius 2 is 1.00 bits per heavy atom. The Labute approximate surface area is 194 Å². The van der Waals surface area contributed by atoms with Gasteiger partial charge in [0.15, 0.2) is 0 Å². The van der Waals surface area contributed by atoms with E-state index in [0.29, 0.717) is 0 Å². The van der Waals surface area contributed by atoms with E-state index in [1.165, 1.54) is 27.4 Å². The van der Waals surface area contributed by atoms with Crippen molar-refractivity contribution in [1.82, 2.24) is 4.57 Å². The van der Waals surface area contributed by atoms with Crippen LogP contribution in [-0.2, 0) is 6.54 Å². The lowest BCUT2D eigenvalue weighted by atomic mass is 10.1. The van der Waals surface area contributed by atoms with Crippen molar-refractivity contribution in [1.29, 1.82) is 0 Å². The van der Waals surface area contributed by atoms with E-state index in [1.807, 2.05) is 0 Å². The summed E-state index contributed by atoms with van der Waals surface area (Å²) in [6, 6.07) is 47.4. The molecule has 158 valence electrons. The Morgan fingerprint density at radius 3 is 1.67 bits per heavy atom.